The maximum Gasteiger partial charge on any atom is 0.316 e. The topological polar surface area (TPSA) is 107 Å². The summed E-state index contributed by atoms with van der Waals surface area (Å²) in [7, 11) is 0. The highest BCUT2D eigenvalue weighted by Crippen LogP contribution is 2.59. The molecule has 8 heteroatoms. The molecule has 5 aliphatic heterocycles. The zero-order chi connectivity index (χ0) is 28.4. The summed E-state index contributed by atoms with van der Waals surface area (Å²) in [6, 6.07) is 0. The van der Waals surface area contributed by atoms with E-state index in [2.05, 4.69) is 39.8 Å². The van der Waals surface area contributed by atoms with Gasteiger partial charge in [-0.3, -0.25) is 4.79 Å². The second kappa shape index (κ2) is 10.3. The Kier molecular flexibility index (Phi) is 7.37. The van der Waals surface area contributed by atoms with E-state index in [1.54, 1.807) is 13.0 Å². The smallest absolute Gasteiger partial charge is 0.316 e. The first-order valence-corrected chi connectivity index (χ1v) is 15.3. The Morgan fingerprint density at radius 2 is 1.90 bits per heavy atom. The Balaban J connectivity index is 1.36. The number of esters is 1. The zero-order valence-corrected chi connectivity index (χ0v) is 24.5. The van der Waals surface area contributed by atoms with E-state index < -0.39 is 53.3 Å². The first kappa shape index (κ1) is 28.6. The van der Waals surface area contributed by atoms with Gasteiger partial charge in [0.05, 0.1) is 18.8 Å². The number of ether oxygens (including phenoxy) is 5. The highest BCUT2D eigenvalue weighted by Gasteiger charge is 2.79. The van der Waals surface area contributed by atoms with E-state index in [4.69, 9.17) is 23.7 Å². The molecule has 0 amide bonds. The number of hydrogen-bond donors (Lipinski definition) is 2. The van der Waals surface area contributed by atoms with Crippen molar-refractivity contribution in [1.29, 1.82) is 0 Å². The van der Waals surface area contributed by atoms with Crippen LogP contribution in [0.25, 0.3) is 0 Å². The predicted molar refractivity (Wildman–Crippen MR) is 147 cm³/mol. The number of rotatable bonds is 1. The molecule has 2 N–H and O–H groups in total. The van der Waals surface area contributed by atoms with Crippen molar-refractivity contribution in [2.45, 2.75) is 133 Å². The molecule has 4 fully saturated rings. The van der Waals surface area contributed by atoms with Crippen LogP contribution in [0.4, 0.5) is 0 Å². The molecule has 12 atom stereocenters. The van der Waals surface area contributed by atoms with Crippen LogP contribution in [0.3, 0.4) is 0 Å². The zero-order valence-electron chi connectivity index (χ0n) is 24.5. The van der Waals surface area contributed by atoms with Gasteiger partial charge in [0.15, 0.2) is 11.4 Å². The highest BCUT2D eigenvalue weighted by atomic mass is 16.7. The van der Waals surface area contributed by atoms with Crippen molar-refractivity contribution in [1.82, 2.24) is 0 Å². The van der Waals surface area contributed by atoms with Gasteiger partial charge in [0.25, 0.3) is 0 Å². The third kappa shape index (κ3) is 4.63. The largest absolute Gasteiger partial charge is 0.462 e. The molecule has 2 bridgehead atoms. The lowest BCUT2D eigenvalue weighted by atomic mass is 9.67. The monoisotopic (exact) mass is 558 g/mol. The summed E-state index contributed by atoms with van der Waals surface area (Å²) in [6.07, 6.45) is 10.4. The van der Waals surface area contributed by atoms with Crippen molar-refractivity contribution in [3.8, 4) is 0 Å². The van der Waals surface area contributed by atoms with E-state index in [-0.39, 0.29) is 24.7 Å². The summed E-state index contributed by atoms with van der Waals surface area (Å²) in [4.78, 5) is 14.0. The molecular weight excluding hydrogens is 512 g/mol. The summed E-state index contributed by atoms with van der Waals surface area (Å²) < 4.78 is 31.7. The lowest BCUT2D eigenvalue weighted by Crippen LogP contribution is -2.63. The fourth-order valence-corrected chi connectivity index (χ4v) is 7.95. The number of aliphatic hydroxyl groups is 2. The summed E-state index contributed by atoms with van der Waals surface area (Å²) in [6.45, 7) is 10.5. The lowest BCUT2D eigenvalue weighted by molar-refractivity contribution is -0.335. The molecule has 40 heavy (non-hydrogen) atoms. The van der Waals surface area contributed by atoms with Gasteiger partial charge < -0.3 is 33.9 Å². The number of allylic oxidation sites excluding steroid dienone is 2. The quantitative estimate of drug-likeness (QED) is 0.281. The maximum absolute atomic E-state index is 14.0. The summed E-state index contributed by atoms with van der Waals surface area (Å²) in [5.41, 5.74) is -0.994. The SMILES string of the molecule is CC[C@H]1O[C@]2(CC[C@@H]1C)C[C@@H]1C[C@@H](C/C=C(/C)C[C@@H](C)C=C[C@@H]3O[C@]34CO[C@@H]3[C@H](O)C(C)=C[C@@H](C(=O)O1)[C@@]34O)O2. The molecule has 6 rings (SSSR count). The molecule has 222 valence electrons. The van der Waals surface area contributed by atoms with E-state index in [9.17, 15) is 15.0 Å². The molecule has 2 spiro atoms. The summed E-state index contributed by atoms with van der Waals surface area (Å²) in [5, 5.41) is 23.2. The maximum atomic E-state index is 14.0. The van der Waals surface area contributed by atoms with Crippen molar-refractivity contribution in [2.24, 2.45) is 17.8 Å². The number of fused-ring (bicyclic) bond motifs is 2. The Morgan fingerprint density at radius 3 is 2.67 bits per heavy atom. The first-order valence-electron chi connectivity index (χ1n) is 15.3. The Labute approximate surface area is 237 Å². The average Bonchev–Trinajstić information content (AvgIpc) is 3.55. The second-order valence-corrected chi connectivity index (χ2v) is 13.4. The van der Waals surface area contributed by atoms with Crippen molar-refractivity contribution in [3.63, 3.8) is 0 Å². The van der Waals surface area contributed by atoms with Crippen LogP contribution in [0.15, 0.2) is 35.5 Å². The molecule has 0 aromatic rings. The first-order chi connectivity index (χ1) is 19.0. The van der Waals surface area contributed by atoms with Crippen molar-refractivity contribution < 1.29 is 38.7 Å². The molecule has 0 radical (unpaired) electrons. The van der Waals surface area contributed by atoms with Crippen LogP contribution in [0.2, 0.25) is 0 Å². The molecule has 5 heterocycles. The number of epoxide rings is 1. The minimum absolute atomic E-state index is 0.0953. The normalized spacial score (nSPS) is 52.2. The number of hydrogen-bond acceptors (Lipinski definition) is 8. The van der Waals surface area contributed by atoms with Gasteiger partial charge in [0, 0.05) is 19.3 Å². The molecule has 0 aromatic carbocycles. The third-order valence-corrected chi connectivity index (χ3v) is 10.3. The van der Waals surface area contributed by atoms with Gasteiger partial charge in [0.2, 0.25) is 0 Å². The van der Waals surface area contributed by atoms with Gasteiger partial charge >= 0.3 is 5.97 Å². The van der Waals surface area contributed by atoms with Crippen LogP contribution in [0, 0.1) is 17.8 Å². The summed E-state index contributed by atoms with van der Waals surface area (Å²) in [5.74, 6) is -1.63. The minimum atomic E-state index is -1.75. The van der Waals surface area contributed by atoms with Crippen molar-refractivity contribution in [3.05, 3.63) is 35.5 Å². The summed E-state index contributed by atoms with van der Waals surface area (Å²) >= 11 is 0. The van der Waals surface area contributed by atoms with Crippen LogP contribution >= 0.6 is 0 Å². The fraction of sp³-hybridized carbons (Fsp3) is 0.781. The molecular formula is C32H46O8. The van der Waals surface area contributed by atoms with Gasteiger partial charge in [-0.25, -0.2) is 0 Å². The number of carbonyl (C=O) groups excluding carboxylic acids is 1. The number of carbonyl (C=O) groups is 1. The van der Waals surface area contributed by atoms with E-state index in [1.807, 2.05) is 6.08 Å². The molecule has 6 aliphatic rings. The molecule has 0 saturated carbocycles. The third-order valence-electron chi connectivity index (χ3n) is 10.3. The van der Waals surface area contributed by atoms with E-state index in [0.717, 1.165) is 32.1 Å². The minimum Gasteiger partial charge on any atom is -0.462 e. The standard InChI is InChI=1S/C32H46O8/c1-6-25-20(4)11-12-30(39-25)16-23-15-22(38-30)9-7-18(2)13-19(3)8-10-26-31(40-26)17-36-28-27(33)21(5)14-24(29(34)37-23)32(28,31)35/h7-8,10,14,19-20,22-28,33,35H,6,9,11-13,15-17H2,1-5H3/b10-8?,18-7-/t19-,20-,22+,23-,24-,25+,26-,27+,28+,30+,31+,32+/m0/s1. The van der Waals surface area contributed by atoms with Crippen molar-refractivity contribution in [2.75, 3.05) is 6.61 Å². The van der Waals surface area contributed by atoms with Crippen LogP contribution in [-0.4, -0.2) is 76.4 Å². The Hall–Kier alpha value is -1.55. The van der Waals surface area contributed by atoms with Crippen LogP contribution in [0.1, 0.15) is 79.6 Å². The lowest BCUT2D eigenvalue weighted by Gasteiger charge is -2.50. The van der Waals surface area contributed by atoms with Gasteiger partial charge in [-0.15, -0.1) is 0 Å². The van der Waals surface area contributed by atoms with Crippen LogP contribution in [0.5, 0.6) is 0 Å². The second-order valence-electron chi connectivity index (χ2n) is 13.4. The molecule has 1 aliphatic carbocycles. The van der Waals surface area contributed by atoms with E-state index in [0.29, 0.717) is 24.3 Å². The molecule has 0 aromatic heterocycles. The van der Waals surface area contributed by atoms with Crippen LogP contribution < -0.4 is 0 Å². The predicted octanol–water partition coefficient (Wildman–Crippen LogP) is 4.14. The van der Waals surface area contributed by atoms with E-state index >= 15 is 0 Å². The van der Waals surface area contributed by atoms with Gasteiger partial charge in [-0.2, -0.15) is 0 Å². The fourth-order valence-electron chi connectivity index (χ4n) is 7.95. The Bertz CT molecular complexity index is 1100. The molecule has 4 saturated heterocycles. The average molecular weight is 559 g/mol. The van der Waals surface area contributed by atoms with Gasteiger partial charge in [0.1, 0.15) is 35.9 Å². The van der Waals surface area contributed by atoms with Gasteiger partial charge in [-0.1, -0.05) is 50.6 Å². The van der Waals surface area contributed by atoms with Crippen molar-refractivity contribution >= 4 is 5.97 Å². The van der Waals surface area contributed by atoms with E-state index in [1.165, 1.54) is 5.57 Å². The van der Waals surface area contributed by atoms with Crippen LogP contribution in [-0.2, 0) is 28.5 Å². The number of aliphatic hydroxyl groups excluding tert-OH is 1. The Morgan fingerprint density at radius 1 is 1.10 bits per heavy atom. The molecule has 0 unspecified atom stereocenters. The van der Waals surface area contributed by atoms with Gasteiger partial charge in [-0.05, 0) is 56.9 Å². The highest BCUT2D eigenvalue weighted by molar-refractivity contribution is 5.78. The molecule has 8 nitrogen and oxygen atoms in total.